The molecule has 106 valence electrons. The number of methoxy groups -OCH3 is 1. The van der Waals surface area contributed by atoms with Crippen LogP contribution in [0.5, 0.6) is 5.75 Å². The lowest BCUT2D eigenvalue weighted by Gasteiger charge is -2.04. The fourth-order valence-electron chi connectivity index (χ4n) is 2.11. The minimum atomic E-state index is 0.489. The molecule has 0 atom stereocenters. The van der Waals surface area contributed by atoms with Gasteiger partial charge in [-0.1, -0.05) is 22.9 Å². The van der Waals surface area contributed by atoms with E-state index in [0.29, 0.717) is 23.2 Å². The van der Waals surface area contributed by atoms with Gasteiger partial charge < -0.3 is 15.0 Å². The van der Waals surface area contributed by atoms with Crippen molar-refractivity contribution in [3.8, 4) is 28.6 Å². The highest BCUT2D eigenvalue weighted by atomic mass is 16.5. The van der Waals surface area contributed by atoms with Crippen molar-refractivity contribution in [1.82, 2.24) is 10.1 Å². The Morgan fingerprint density at radius 1 is 1.10 bits per heavy atom. The molecule has 0 unspecified atom stereocenters. The minimum Gasteiger partial charge on any atom is -0.495 e. The third kappa shape index (κ3) is 2.58. The van der Waals surface area contributed by atoms with Gasteiger partial charge in [0.25, 0.3) is 5.89 Å². The second-order valence-corrected chi connectivity index (χ2v) is 4.75. The lowest BCUT2D eigenvalue weighted by Crippen LogP contribution is -1.93. The highest BCUT2D eigenvalue weighted by Gasteiger charge is 2.12. The Morgan fingerprint density at radius 2 is 1.95 bits per heavy atom. The number of aromatic nitrogens is 2. The van der Waals surface area contributed by atoms with E-state index in [9.17, 15) is 0 Å². The molecule has 5 nitrogen and oxygen atoms in total. The molecule has 2 aromatic carbocycles. The third-order valence-electron chi connectivity index (χ3n) is 3.18. The van der Waals surface area contributed by atoms with Crippen LogP contribution in [0.3, 0.4) is 0 Å². The van der Waals surface area contributed by atoms with Gasteiger partial charge in [0.15, 0.2) is 0 Å². The zero-order chi connectivity index (χ0) is 14.8. The van der Waals surface area contributed by atoms with Crippen molar-refractivity contribution in [2.75, 3.05) is 12.8 Å². The van der Waals surface area contributed by atoms with Crippen molar-refractivity contribution in [1.29, 1.82) is 0 Å². The van der Waals surface area contributed by atoms with Gasteiger partial charge in [0.1, 0.15) is 5.75 Å². The topological polar surface area (TPSA) is 74.2 Å². The maximum Gasteiger partial charge on any atom is 0.258 e. The lowest BCUT2D eigenvalue weighted by atomic mass is 10.1. The van der Waals surface area contributed by atoms with Crippen molar-refractivity contribution < 1.29 is 9.26 Å². The Bertz CT molecular complexity index is 781. The van der Waals surface area contributed by atoms with Gasteiger partial charge in [-0.2, -0.15) is 4.98 Å². The van der Waals surface area contributed by atoms with E-state index in [1.54, 1.807) is 19.2 Å². The van der Waals surface area contributed by atoms with Gasteiger partial charge in [0, 0.05) is 11.1 Å². The van der Waals surface area contributed by atoms with Crippen molar-refractivity contribution in [3.63, 3.8) is 0 Å². The molecular formula is C16H15N3O2. The maximum atomic E-state index is 5.90. The summed E-state index contributed by atoms with van der Waals surface area (Å²) < 4.78 is 10.5. The van der Waals surface area contributed by atoms with Crippen molar-refractivity contribution in [2.24, 2.45) is 0 Å². The SMILES string of the molecule is COc1ccc(-c2noc(-c3cccc(C)c3)n2)cc1N. The van der Waals surface area contributed by atoms with Gasteiger partial charge in [-0.25, -0.2) is 0 Å². The molecule has 0 aliphatic carbocycles. The van der Waals surface area contributed by atoms with Crippen LogP contribution in [0.4, 0.5) is 5.69 Å². The second kappa shape index (κ2) is 5.28. The molecule has 21 heavy (non-hydrogen) atoms. The van der Waals surface area contributed by atoms with E-state index in [-0.39, 0.29) is 0 Å². The van der Waals surface area contributed by atoms with E-state index in [0.717, 1.165) is 16.7 Å². The summed E-state index contributed by atoms with van der Waals surface area (Å²) in [6, 6.07) is 13.3. The lowest BCUT2D eigenvalue weighted by molar-refractivity contribution is 0.417. The first-order valence-corrected chi connectivity index (χ1v) is 6.52. The van der Waals surface area contributed by atoms with E-state index in [1.165, 1.54) is 0 Å². The molecule has 0 saturated heterocycles. The number of hydrogen-bond donors (Lipinski definition) is 1. The highest BCUT2D eigenvalue weighted by molar-refractivity contribution is 5.67. The van der Waals surface area contributed by atoms with Crippen LogP contribution in [0.2, 0.25) is 0 Å². The molecule has 0 aliphatic heterocycles. The predicted octanol–water partition coefficient (Wildman–Crippen LogP) is 3.30. The Morgan fingerprint density at radius 3 is 2.67 bits per heavy atom. The van der Waals surface area contributed by atoms with Gasteiger partial charge >= 0.3 is 0 Å². The summed E-state index contributed by atoms with van der Waals surface area (Å²) in [5, 5.41) is 4.01. The van der Waals surface area contributed by atoms with E-state index in [2.05, 4.69) is 10.1 Å². The summed E-state index contributed by atoms with van der Waals surface area (Å²) in [5.74, 6) is 1.62. The van der Waals surface area contributed by atoms with Crippen molar-refractivity contribution in [2.45, 2.75) is 6.92 Å². The molecule has 0 spiro atoms. The first kappa shape index (κ1) is 13.2. The van der Waals surface area contributed by atoms with Crippen LogP contribution in [0.15, 0.2) is 47.0 Å². The molecule has 1 heterocycles. The number of nitrogen functional groups attached to an aromatic ring is 1. The van der Waals surface area contributed by atoms with Crippen LogP contribution in [0.1, 0.15) is 5.56 Å². The summed E-state index contributed by atoms with van der Waals surface area (Å²) in [5.41, 5.74) is 9.26. The van der Waals surface area contributed by atoms with Crippen LogP contribution in [-0.4, -0.2) is 17.3 Å². The second-order valence-electron chi connectivity index (χ2n) is 4.75. The fourth-order valence-corrected chi connectivity index (χ4v) is 2.11. The number of aryl methyl sites for hydroxylation is 1. The fraction of sp³-hybridized carbons (Fsp3) is 0.125. The molecule has 0 radical (unpaired) electrons. The first-order valence-electron chi connectivity index (χ1n) is 6.52. The summed E-state index contributed by atoms with van der Waals surface area (Å²) in [7, 11) is 1.58. The number of anilines is 1. The quantitative estimate of drug-likeness (QED) is 0.745. The summed E-state index contributed by atoms with van der Waals surface area (Å²) in [4.78, 5) is 4.41. The molecule has 0 fully saturated rings. The molecule has 2 N–H and O–H groups in total. The van der Waals surface area contributed by atoms with Crippen LogP contribution in [-0.2, 0) is 0 Å². The van der Waals surface area contributed by atoms with Gasteiger partial charge in [-0.3, -0.25) is 0 Å². The molecule has 3 rings (SSSR count). The number of hydrogen-bond acceptors (Lipinski definition) is 5. The van der Waals surface area contributed by atoms with Crippen LogP contribution < -0.4 is 10.5 Å². The third-order valence-corrected chi connectivity index (χ3v) is 3.18. The predicted molar refractivity (Wildman–Crippen MR) is 80.9 cm³/mol. The summed E-state index contributed by atoms with van der Waals surface area (Å²) >= 11 is 0. The molecule has 3 aromatic rings. The van der Waals surface area contributed by atoms with E-state index in [1.807, 2.05) is 37.3 Å². The van der Waals surface area contributed by atoms with Crippen molar-refractivity contribution in [3.05, 3.63) is 48.0 Å². The van der Waals surface area contributed by atoms with Crippen LogP contribution in [0, 0.1) is 6.92 Å². The zero-order valence-corrected chi connectivity index (χ0v) is 11.8. The monoisotopic (exact) mass is 281 g/mol. The van der Waals surface area contributed by atoms with E-state index < -0.39 is 0 Å². The summed E-state index contributed by atoms with van der Waals surface area (Å²) in [6.07, 6.45) is 0. The van der Waals surface area contributed by atoms with Gasteiger partial charge in [0.05, 0.1) is 12.8 Å². The molecule has 1 aromatic heterocycles. The summed E-state index contributed by atoms with van der Waals surface area (Å²) in [6.45, 7) is 2.02. The average Bonchev–Trinajstić information content (AvgIpc) is 2.97. The maximum absolute atomic E-state index is 5.90. The number of ether oxygens (including phenoxy) is 1. The number of nitrogens with zero attached hydrogens (tertiary/aromatic N) is 2. The van der Waals surface area contributed by atoms with Crippen LogP contribution in [0.25, 0.3) is 22.8 Å². The normalized spacial score (nSPS) is 10.6. The molecule has 0 bridgehead atoms. The van der Waals surface area contributed by atoms with Crippen molar-refractivity contribution >= 4 is 5.69 Å². The largest absolute Gasteiger partial charge is 0.495 e. The van der Waals surface area contributed by atoms with Gasteiger partial charge in [-0.15, -0.1) is 0 Å². The minimum absolute atomic E-state index is 0.489. The Labute approximate surface area is 122 Å². The molecule has 5 heteroatoms. The molecule has 0 aliphatic rings. The first-order chi connectivity index (χ1) is 10.2. The number of nitrogens with two attached hydrogens (primary N) is 1. The van der Waals surface area contributed by atoms with Gasteiger partial charge in [-0.05, 0) is 37.3 Å². The Hall–Kier alpha value is -2.82. The number of benzene rings is 2. The highest BCUT2D eigenvalue weighted by Crippen LogP contribution is 2.28. The Kier molecular flexibility index (Phi) is 3.31. The Balaban J connectivity index is 1.96. The van der Waals surface area contributed by atoms with Crippen LogP contribution >= 0.6 is 0 Å². The molecule has 0 amide bonds. The molecule has 0 saturated carbocycles. The van der Waals surface area contributed by atoms with E-state index >= 15 is 0 Å². The van der Waals surface area contributed by atoms with Gasteiger partial charge in [0.2, 0.25) is 5.82 Å². The average molecular weight is 281 g/mol. The van der Waals surface area contributed by atoms with E-state index in [4.69, 9.17) is 15.0 Å². The number of rotatable bonds is 3. The molecular weight excluding hydrogens is 266 g/mol. The standard InChI is InChI=1S/C16H15N3O2/c1-10-4-3-5-12(8-10)16-18-15(19-21-16)11-6-7-14(20-2)13(17)9-11/h3-9H,17H2,1-2H3. The smallest absolute Gasteiger partial charge is 0.258 e. The zero-order valence-electron chi connectivity index (χ0n) is 11.8.